The van der Waals surface area contributed by atoms with Crippen LogP contribution in [0.4, 0.5) is 0 Å². The van der Waals surface area contributed by atoms with Crippen molar-refractivity contribution in [3.05, 3.63) is 29.8 Å². The molecule has 1 heterocycles. The summed E-state index contributed by atoms with van der Waals surface area (Å²) < 4.78 is 27.3. The Balaban J connectivity index is 0.00000208. The molecule has 134 valence electrons. The summed E-state index contributed by atoms with van der Waals surface area (Å²) in [6.45, 7) is 4.62. The molecule has 0 radical (unpaired) electrons. The summed E-state index contributed by atoms with van der Waals surface area (Å²) in [6.07, 6.45) is 2.17. The number of hydrogen-bond donors (Lipinski definition) is 2. The Morgan fingerprint density at radius 2 is 2.12 bits per heavy atom. The van der Waals surface area contributed by atoms with E-state index in [1.165, 1.54) is 12.1 Å². The number of amides is 1. The molecule has 1 atom stereocenters. The van der Waals surface area contributed by atoms with Gasteiger partial charge in [0.2, 0.25) is 10.0 Å². The maximum Gasteiger partial charge on any atom is 0.254 e. The van der Waals surface area contributed by atoms with Gasteiger partial charge in [0.1, 0.15) is 0 Å². The number of nitrogens with zero attached hydrogens (tertiary/aromatic N) is 1. The van der Waals surface area contributed by atoms with E-state index >= 15 is 0 Å². The van der Waals surface area contributed by atoms with Crippen molar-refractivity contribution in [3.8, 4) is 0 Å². The molecule has 2 N–H and O–H groups in total. The first-order valence-corrected chi connectivity index (χ1v) is 9.57. The number of benzene rings is 1. The molecule has 1 saturated heterocycles. The van der Waals surface area contributed by atoms with Gasteiger partial charge in [-0.25, -0.2) is 13.1 Å². The Hall–Kier alpha value is -1.15. The van der Waals surface area contributed by atoms with Gasteiger partial charge in [0, 0.05) is 37.8 Å². The third-order valence-corrected chi connectivity index (χ3v) is 5.83. The number of carbonyl (C=O) groups is 1. The van der Waals surface area contributed by atoms with Gasteiger partial charge in [0.25, 0.3) is 5.91 Å². The summed E-state index contributed by atoms with van der Waals surface area (Å²) in [4.78, 5) is 14.6. The molecule has 24 heavy (non-hydrogen) atoms. The van der Waals surface area contributed by atoms with E-state index in [9.17, 15) is 13.2 Å². The summed E-state index contributed by atoms with van der Waals surface area (Å²) in [5, 5.41) is 3.24. The van der Waals surface area contributed by atoms with Crippen LogP contribution in [0.3, 0.4) is 0 Å². The van der Waals surface area contributed by atoms with Crippen LogP contribution >= 0.6 is 12.4 Å². The zero-order valence-corrected chi connectivity index (χ0v) is 15.3. The van der Waals surface area contributed by atoms with Gasteiger partial charge in [-0.05, 0) is 43.9 Å². The SMILES string of the molecule is C[C@H]1CNCCN1C(=O)c1cccc(S(=O)(=O)NCC2CC2)c1.Cl. The highest BCUT2D eigenvalue weighted by Crippen LogP contribution is 2.28. The number of carbonyl (C=O) groups excluding carboxylic acids is 1. The molecular weight excluding hydrogens is 350 g/mol. The molecule has 1 amide bonds. The van der Waals surface area contributed by atoms with E-state index in [-0.39, 0.29) is 29.3 Å². The second-order valence-corrected chi connectivity index (χ2v) is 8.14. The molecule has 0 unspecified atom stereocenters. The maximum atomic E-state index is 12.6. The first kappa shape index (κ1) is 19.2. The van der Waals surface area contributed by atoms with Gasteiger partial charge in [-0.2, -0.15) is 0 Å². The largest absolute Gasteiger partial charge is 0.333 e. The van der Waals surface area contributed by atoms with Crippen molar-refractivity contribution in [2.75, 3.05) is 26.2 Å². The Labute approximate surface area is 149 Å². The summed E-state index contributed by atoms with van der Waals surface area (Å²) in [5.41, 5.74) is 0.424. The standard InChI is InChI=1S/C16H23N3O3S.ClH/c1-12-10-17-7-8-19(12)16(20)14-3-2-4-15(9-14)23(21,22)18-11-13-5-6-13;/h2-4,9,12-13,17-18H,5-8,10-11H2,1H3;1H/t12-;/m0./s1. The van der Waals surface area contributed by atoms with Crippen LogP contribution in [0.1, 0.15) is 30.1 Å². The fourth-order valence-corrected chi connectivity index (χ4v) is 3.90. The van der Waals surface area contributed by atoms with Crippen molar-refractivity contribution in [3.63, 3.8) is 0 Å². The van der Waals surface area contributed by atoms with E-state index in [1.54, 1.807) is 17.0 Å². The quantitative estimate of drug-likeness (QED) is 0.813. The van der Waals surface area contributed by atoms with E-state index in [2.05, 4.69) is 10.0 Å². The average molecular weight is 374 g/mol. The smallest absolute Gasteiger partial charge is 0.254 e. The van der Waals surface area contributed by atoms with Gasteiger partial charge in [-0.3, -0.25) is 4.79 Å². The zero-order chi connectivity index (χ0) is 16.4. The molecule has 8 heteroatoms. The van der Waals surface area contributed by atoms with Crippen molar-refractivity contribution in [2.24, 2.45) is 5.92 Å². The van der Waals surface area contributed by atoms with Gasteiger partial charge in [0.15, 0.2) is 0 Å². The Morgan fingerprint density at radius 1 is 1.38 bits per heavy atom. The van der Waals surface area contributed by atoms with E-state index in [0.717, 1.165) is 25.9 Å². The fourth-order valence-electron chi connectivity index (χ4n) is 2.74. The third-order valence-electron chi connectivity index (χ3n) is 4.41. The van der Waals surface area contributed by atoms with Crippen molar-refractivity contribution in [1.82, 2.24) is 14.9 Å². The molecule has 2 aliphatic rings. The highest BCUT2D eigenvalue weighted by Gasteiger charge is 2.27. The third kappa shape index (κ3) is 4.47. The van der Waals surface area contributed by atoms with Crippen LogP contribution in [0.2, 0.25) is 0 Å². The molecule has 1 aromatic rings. The summed E-state index contributed by atoms with van der Waals surface area (Å²) in [7, 11) is -3.55. The van der Waals surface area contributed by atoms with E-state index in [4.69, 9.17) is 0 Å². The van der Waals surface area contributed by atoms with Gasteiger partial charge < -0.3 is 10.2 Å². The normalized spacial score (nSPS) is 21.2. The van der Waals surface area contributed by atoms with Crippen molar-refractivity contribution < 1.29 is 13.2 Å². The minimum Gasteiger partial charge on any atom is -0.333 e. The van der Waals surface area contributed by atoms with Gasteiger partial charge >= 0.3 is 0 Å². The average Bonchev–Trinajstić information content (AvgIpc) is 3.37. The molecule has 0 aromatic heterocycles. The van der Waals surface area contributed by atoms with E-state index in [1.807, 2.05) is 6.92 Å². The van der Waals surface area contributed by atoms with Crippen LogP contribution in [0.5, 0.6) is 0 Å². The summed E-state index contributed by atoms with van der Waals surface area (Å²) >= 11 is 0. The first-order valence-electron chi connectivity index (χ1n) is 8.09. The monoisotopic (exact) mass is 373 g/mol. The van der Waals surface area contributed by atoms with Gasteiger partial charge in [-0.1, -0.05) is 6.07 Å². The lowest BCUT2D eigenvalue weighted by Gasteiger charge is -2.34. The molecule has 0 bridgehead atoms. The van der Waals surface area contributed by atoms with Gasteiger partial charge in [-0.15, -0.1) is 12.4 Å². The maximum absolute atomic E-state index is 12.6. The zero-order valence-electron chi connectivity index (χ0n) is 13.7. The molecule has 1 aromatic carbocycles. The number of halogens is 1. The van der Waals surface area contributed by atoms with Crippen molar-refractivity contribution in [1.29, 1.82) is 0 Å². The lowest BCUT2D eigenvalue weighted by Crippen LogP contribution is -2.52. The molecular formula is C16H24ClN3O3S. The van der Waals surface area contributed by atoms with Crippen LogP contribution in [0.25, 0.3) is 0 Å². The fraction of sp³-hybridized carbons (Fsp3) is 0.562. The number of nitrogens with one attached hydrogen (secondary N) is 2. The Kier molecular flexibility index (Phi) is 6.25. The molecule has 3 rings (SSSR count). The number of hydrogen-bond acceptors (Lipinski definition) is 4. The highest BCUT2D eigenvalue weighted by atomic mass is 35.5. The van der Waals surface area contributed by atoms with Crippen LogP contribution in [-0.4, -0.2) is 51.4 Å². The van der Waals surface area contributed by atoms with Crippen LogP contribution in [0.15, 0.2) is 29.2 Å². The Bertz CT molecular complexity index is 692. The van der Waals surface area contributed by atoms with Crippen LogP contribution < -0.4 is 10.0 Å². The lowest BCUT2D eigenvalue weighted by molar-refractivity contribution is 0.0655. The summed E-state index contributed by atoms with van der Waals surface area (Å²) in [6, 6.07) is 6.42. The van der Waals surface area contributed by atoms with Crippen molar-refractivity contribution in [2.45, 2.75) is 30.7 Å². The minimum absolute atomic E-state index is 0. The number of sulfonamides is 1. The van der Waals surface area contributed by atoms with E-state index in [0.29, 0.717) is 24.6 Å². The summed E-state index contributed by atoms with van der Waals surface area (Å²) in [5.74, 6) is 0.356. The van der Waals surface area contributed by atoms with Crippen LogP contribution in [-0.2, 0) is 10.0 Å². The second-order valence-electron chi connectivity index (χ2n) is 6.37. The van der Waals surface area contributed by atoms with Crippen LogP contribution in [0, 0.1) is 5.92 Å². The molecule has 1 aliphatic carbocycles. The minimum atomic E-state index is -3.55. The highest BCUT2D eigenvalue weighted by molar-refractivity contribution is 7.89. The molecule has 6 nitrogen and oxygen atoms in total. The Morgan fingerprint density at radius 3 is 2.79 bits per heavy atom. The molecule has 2 fully saturated rings. The predicted octanol–water partition coefficient (Wildman–Crippen LogP) is 1.23. The topological polar surface area (TPSA) is 78.5 Å². The van der Waals surface area contributed by atoms with E-state index < -0.39 is 10.0 Å². The first-order chi connectivity index (χ1) is 11.0. The molecule has 1 saturated carbocycles. The van der Waals surface area contributed by atoms with Gasteiger partial charge in [0.05, 0.1) is 4.90 Å². The predicted molar refractivity (Wildman–Crippen MR) is 95.0 cm³/mol. The number of rotatable bonds is 5. The van der Waals surface area contributed by atoms with Crippen molar-refractivity contribution >= 4 is 28.3 Å². The second kappa shape index (κ2) is 7.82. The number of piperazine rings is 1. The molecule has 1 aliphatic heterocycles. The molecule has 0 spiro atoms. The lowest BCUT2D eigenvalue weighted by atomic mass is 10.1.